The maximum atomic E-state index is 9.36. The summed E-state index contributed by atoms with van der Waals surface area (Å²) in [6, 6.07) is 9.01. The lowest BCUT2D eigenvalue weighted by atomic mass is 9.99. The van der Waals surface area contributed by atoms with Gasteiger partial charge in [-0.3, -0.25) is 0 Å². The summed E-state index contributed by atoms with van der Waals surface area (Å²) >= 11 is 1.29. The van der Waals surface area contributed by atoms with Gasteiger partial charge in [-0.2, -0.15) is 0 Å². The molecule has 1 aromatic carbocycles. The normalized spacial score (nSPS) is 12.4. The molecule has 0 atom stereocenters. The largest absolute Gasteiger partial charge is 0.485 e. The SMILES string of the molecule is CC.CCC.CCCCCCc1ccc(C2=C(CO)CCC2)cc1.COSCO/C(C)=C/C=C(C)C. The second kappa shape index (κ2) is 26.6. The first kappa shape index (κ1) is 36.7. The number of rotatable bonds is 12. The van der Waals surface area contributed by atoms with E-state index < -0.39 is 0 Å². The van der Waals surface area contributed by atoms with Crippen LogP contribution in [0.4, 0.5) is 0 Å². The molecule has 2 rings (SSSR count). The smallest absolute Gasteiger partial charge is 0.158 e. The van der Waals surface area contributed by atoms with Gasteiger partial charge in [-0.1, -0.05) is 96.2 Å². The van der Waals surface area contributed by atoms with Gasteiger partial charge < -0.3 is 14.0 Å². The van der Waals surface area contributed by atoms with Crippen molar-refractivity contribution in [3.8, 4) is 0 Å². The molecule has 0 radical (unpaired) electrons. The van der Waals surface area contributed by atoms with Crippen LogP contribution >= 0.6 is 12.0 Å². The summed E-state index contributed by atoms with van der Waals surface area (Å²) in [5.41, 5.74) is 6.66. The Kier molecular flexibility index (Phi) is 27.1. The molecule has 0 unspecified atom stereocenters. The van der Waals surface area contributed by atoms with Crippen molar-refractivity contribution in [3.05, 3.63) is 64.4 Å². The summed E-state index contributed by atoms with van der Waals surface area (Å²) in [6.45, 7) is 16.8. The van der Waals surface area contributed by atoms with E-state index >= 15 is 0 Å². The maximum absolute atomic E-state index is 9.36. The first-order valence-electron chi connectivity index (χ1n) is 13.9. The second-order valence-electron chi connectivity index (χ2n) is 8.88. The molecule has 0 saturated heterocycles. The molecule has 0 aliphatic heterocycles. The van der Waals surface area contributed by atoms with E-state index in [1.165, 1.54) is 84.8 Å². The zero-order valence-electron chi connectivity index (χ0n) is 24.9. The van der Waals surface area contributed by atoms with Crippen molar-refractivity contribution in [2.24, 2.45) is 0 Å². The van der Waals surface area contributed by atoms with Crippen molar-refractivity contribution in [1.29, 1.82) is 0 Å². The molecule has 0 bridgehead atoms. The molecule has 0 fully saturated rings. The molecule has 1 aliphatic carbocycles. The Morgan fingerprint density at radius 3 is 2.11 bits per heavy atom. The number of hydrogen-bond donors (Lipinski definition) is 1. The summed E-state index contributed by atoms with van der Waals surface area (Å²) in [4.78, 5) is 0. The first-order valence-corrected chi connectivity index (χ1v) is 14.9. The minimum Gasteiger partial charge on any atom is -0.485 e. The number of allylic oxidation sites excluding steroid dienone is 5. The van der Waals surface area contributed by atoms with Crippen LogP contribution in [0.5, 0.6) is 0 Å². The number of benzene rings is 1. The van der Waals surface area contributed by atoms with Crippen molar-refractivity contribution in [3.63, 3.8) is 0 Å². The van der Waals surface area contributed by atoms with Gasteiger partial charge in [0.25, 0.3) is 0 Å². The number of aryl methyl sites for hydroxylation is 1. The molecule has 0 heterocycles. The van der Waals surface area contributed by atoms with Crippen LogP contribution in [0.3, 0.4) is 0 Å². The van der Waals surface area contributed by atoms with Crippen molar-refractivity contribution >= 4 is 17.6 Å². The van der Waals surface area contributed by atoms with Crippen LogP contribution in [0, 0.1) is 0 Å². The van der Waals surface area contributed by atoms with Crippen molar-refractivity contribution in [2.75, 3.05) is 19.7 Å². The average molecular weight is 521 g/mol. The van der Waals surface area contributed by atoms with Gasteiger partial charge >= 0.3 is 0 Å². The Hall–Kier alpha value is -1.49. The zero-order chi connectivity index (χ0) is 27.6. The second-order valence-corrected chi connectivity index (χ2v) is 9.68. The van der Waals surface area contributed by atoms with Gasteiger partial charge in [0.15, 0.2) is 5.94 Å². The van der Waals surface area contributed by atoms with E-state index in [0.29, 0.717) is 5.94 Å². The molecule has 0 saturated carbocycles. The van der Waals surface area contributed by atoms with E-state index in [2.05, 4.69) is 45.0 Å². The minimum absolute atomic E-state index is 0.230. The molecular weight excluding hydrogens is 464 g/mol. The molecule has 1 aromatic rings. The fraction of sp³-hybridized carbons (Fsp3) is 0.625. The van der Waals surface area contributed by atoms with Crippen LogP contribution in [0.25, 0.3) is 5.57 Å². The number of unbranched alkanes of at least 4 members (excludes halogenated alkanes) is 3. The lowest BCUT2D eigenvalue weighted by molar-refractivity contribution is 0.267. The van der Waals surface area contributed by atoms with Crippen LogP contribution in [0.15, 0.2) is 53.3 Å². The average Bonchev–Trinajstić information content (AvgIpc) is 3.37. The molecule has 4 heteroatoms. The highest BCUT2D eigenvalue weighted by Crippen LogP contribution is 2.33. The number of ether oxygens (including phenoxy) is 1. The van der Waals surface area contributed by atoms with E-state index in [0.717, 1.165) is 18.6 Å². The van der Waals surface area contributed by atoms with Crippen molar-refractivity contribution < 1.29 is 14.0 Å². The summed E-state index contributed by atoms with van der Waals surface area (Å²) in [7, 11) is 1.63. The first-order chi connectivity index (χ1) is 17.4. The fourth-order valence-electron chi connectivity index (χ4n) is 3.45. The van der Waals surface area contributed by atoms with Gasteiger partial charge in [0.2, 0.25) is 0 Å². The van der Waals surface area contributed by atoms with Crippen LogP contribution in [-0.4, -0.2) is 24.8 Å². The number of aliphatic hydroxyl groups excluding tert-OH is 1. The van der Waals surface area contributed by atoms with Crippen LogP contribution in [-0.2, 0) is 15.3 Å². The van der Waals surface area contributed by atoms with Gasteiger partial charge in [0.05, 0.1) is 19.5 Å². The van der Waals surface area contributed by atoms with E-state index in [1.807, 2.05) is 46.8 Å². The van der Waals surface area contributed by atoms with E-state index in [4.69, 9.17) is 8.92 Å². The highest BCUT2D eigenvalue weighted by atomic mass is 32.2. The monoisotopic (exact) mass is 520 g/mol. The lowest BCUT2D eigenvalue weighted by Crippen LogP contribution is -1.91. The summed E-state index contributed by atoms with van der Waals surface area (Å²) in [5, 5.41) is 9.36. The highest BCUT2D eigenvalue weighted by Gasteiger charge is 2.14. The Balaban J connectivity index is 0. The molecule has 208 valence electrons. The molecule has 0 amide bonds. The Morgan fingerprint density at radius 2 is 1.58 bits per heavy atom. The number of hydrogen-bond acceptors (Lipinski definition) is 4. The van der Waals surface area contributed by atoms with Gasteiger partial charge in [-0.25, -0.2) is 0 Å². The molecular formula is C32H56O3S. The fourth-order valence-corrected chi connectivity index (χ4v) is 3.79. The molecule has 3 nitrogen and oxygen atoms in total. The van der Waals surface area contributed by atoms with Gasteiger partial charge in [-0.05, 0) is 81.2 Å². The van der Waals surface area contributed by atoms with Crippen LogP contribution in [0.2, 0.25) is 0 Å². The standard InChI is InChI=1S/C18H26O.C9H16O2S.C3H8.C2H6/c1-2-3-4-5-7-15-10-12-16(13-11-15)18-9-6-8-17(18)14-19;1-8(2)5-6-9(3)11-7-12-10-4;1-3-2;1-2/h10-13,19H,2-9,14H2,1H3;5-6H,7H2,1-4H3;3H2,1-2H3;1-2H3/b;9-6+;;. The third-order valence-corrected chi connectivity index (χ3v) is 5.70. The van der Waals surface area contributed by atoms with Gasteiger partial charge in [0, 0.05) is 12.0 Å². The molecule has 0 spiro atoms. The molecule has 0 aromatic heterocycles. The van der Waals surface area contributed by atoms with Gasteiger partial charge in [-0.15, -0.1) is 0 Å². The Morgan fingerprint density at radius 1 is 0.944 bits per heavy atom. The topological polar surface area (TPSA) is 38.7 Å². The van der Waals surface area contributed by atoms with E-state index in [1.54, 1.807) is 7.11 Å². The summed E-state index contributed by atoms with van der Waals surface area (Å²) < 4.78 is 10.1. The Bertz CT molecular complexity index is 713. The maximum Gasteiger partial charge on any atom is 0.158 e. The van der Waals surface area contributed by atoms with E-state index in [-0.39, 0.29) is 6.61 Å². The predicted molar refractivity (Wildman–Crippen MR) is 163 cm³/mol. The minimum atomic E-state index is 0.230. The Labute approximate surface area is 228 Å². The van der Waals surface area contributed by atoms with Crippen LogP contribution < -0.4 is 0 Å². The van der Waals surface area contributed by atoms with Crippen molar-refractivity contribution in [2.45, 2.75) is 113 Å². The zero-order valence-corrected chi connectivity index (χ0v) is 25.7. The van der Waals surface area contributed by atoms with Gasteiger partial charge in [0.1, 0.15) is 0 Å². The lowest BCUT2D eigenvalue weighted by Gasteiger charge is -2.07. The molecule has 1 aliphatic rings. The summed E-state index contributed by atoms with van der Waals surface area (Å²) in [6.07, 6.45) is 15.1. The van der Waals surface area contributed by atoms with E-state index in [9.17, 15) is 5.11 Å². The summed E-state index contributed by atoms with van der Waals surface area (Å²) in [5.74, 6) is 1.44. The quantitative estimate of drug-likeness (QED) is 0.0978. The van der Waals surface area contributed by atoms with Crippen LogP contribution in [0.1, 0.15) is 118 Å². The predicted octanol–water partition coefficient (Wildman–Crippen LogP) is 10.3. The van der Waals surface area contributed by atoms with Crippen molar-refractivity contribution in [1.82, 2.24) is 0 Å². The highest BCUT2D eigenvalue weighted by molar-refractivity contribution is 7.94. The molecule has 1 N–H and O–H groups in total. The third-order valence-electron chi connectivity index (χ3n) is 5.25. The molecule has 36 heavy (non-hydrogen) atoms. The third kappa shape index (κ3) is 19.7. The number of aliphatic hydroxyl groups is 1.